The van der Waals surface area contributed by atoms with Gasteiger partial charge in [-0.05, 0) is 23.3 Å². The van der Waals surface area contributed by atoms with E-state index < -0.39 is 0 Å². The minimum absolute atomic E-state index is 0.389. The van der Waals surface area contributed by atoms with Gasteiger partial charge in [0.25, 0.3) is 13.8 Å². The van der Waals surface area contributed by atoms with Gasteiger partial charge in [0, 0.05) is 0 Å². The molecule has 0 atom stereocenters. The molecule has 0 saturated heterocycles. The van der Waals surface area contributed by atoms with E-state index in [1.54, 1.807) is 0 Å². The summed E-state index contributed by atoms with van der Waals surface area (Å²) in [7, 11) is 0. The quantitative estimate of drug-likeness (QED) is 0.580. The van der Waals surface area contributed by atoms with Crippen LogP contribution in [0.5, 0.6) is 0 Å². The maximum absolute atomic E-state index is 6.30. The molecule has 0 heterocycles. The molecular weight excluding hydrogens is 182 g/mol. The molecule has 0 rings (SSSR count). The first-order valence-electron chi connectivity index (χ1n) is 6.42. The van der Waals surface area contributed by atoms with Gasteiger partial charge in [0.05, 0.1) is 0 Å². The highest BCUT2D eigenvalue weighted by atomic mass is 16.4. The zero-order valence-corrected chi connectivity index (χ0v) is 11.9. The lowest BCUT2D eigenvalue weighted by atomic mass is 9.42. The van der Waals surface area contributed by atoms with Crippen LogP contribution in [0.15, 0.2) is 0 Å². The zero-order chi connectivity index (χ0) is 12.2. The van der Waals surface area contributed by atoms with Gasteiger partial charge in [-0.1, -0.05) is 55.4 Å². The molecule has 0 aliphatic carbocycles. The highest BCUT2D eigenvalue weighted by Crippen LogP contribution is 2.28. The van der Waals surface area contributed by atoms with E-state index in [9.17, 15) is 0 Å². The smallest absolute Gasteiger partial charge is 0.281 e. The zero-order valence-electron chi connectivity index (χ0n) is 11.9. The Kier molecular flexibility index (Phi) is 6.66. The first-order valence-corrected chi connectivity index (χ1v) is 6.42. The summed E-state index contributed by atoms with van der Waals surface area (Å²) in [5, 5.41) is 0. The van der Waals surface area contributed by atoms with Crippen molar-refractivity contribution < 1.29 is 4.57 Å². The van der Waals surface area contributed by atoms with Crippen LogP contribution in [-0.2, 0) is 4.57 Å². The summed E-state index contributed by atoms with van der Waals surface area (Å²) in [4.78, 5) is 0. The molecule has 0 amide bonds. The first kappa shape index (κ1) is 15.1. The van der Waals surface area contributed by atoms with Crippen molar-refractivity contribution in [3.8, 4) is 0 Å². The summed E-state index contributed by atoms with van der Waals surface area (Å²) in [5.74, 6) is 2.41. The molecule has 0 saturated carbocycles. The molecule has 0 fully saturated rings. The molecule has 0 radical (unpaired) electrons. The number of rotatable bonds is 6. The van der Waals surface area contributed by atoms with E-state index in [1.807, 2.05) is 0 Å². The molecule has 0 aromatic carbocycles. The van der Waals surface area contributed by atoms with Gasteiger partial charge in [-0.25, -0.2) is 0 Å². The fourth-order valence-corrected chi connectivity index (χ4v) is 2.35. The second-order valence-electron chi connectivity index (χ2n) is 6.04. The lowest BCUT2D eigenvalue weighted by molar-refractivity contribution is 0.518. The highest BCUT2D eigenvalue weighted by Gasteiger charge is 2.32. The Morgan fingerprint density at radius 3 is 0.867 bits per heavy atom. The summed E-state index contributed by atoms with van der Waals surface area (Å²) in [6.45, 7) is 18.8. The molecule has 0 unspecified atom stereocenters. The molecule has 1 nitrogen and oxygen atoms in total. The van der Waals surface area contributed by atoms with Gasteiger partial charge in [0.15, 0.2) is 0 Å². The van der Waals surface area contributed by atoms with Crippen molar-refractivity contribution in [1.82, 2.24) is 0 Å². The standard InChI is InChI=1S/C12H28B2O/c1-9(2)13(10(3)4)15-14(11(5)6)12(7)8/h9-12H,1-8H3. The molecule has 0 aromatic rings. The molecule has 0 aliphatic rings. The summed E-state index contributed by atoms with van der Waals surface area (Å²) in [6, 6.07) is 0. The summed E-state index contributed by atoms with van der Waals surface area (Å²) in [5.41, 5.74) is 0. The molecular formula is C12H28B2O. The van der Waals surface area contributed by atoms with E-state index in [4.69, 9.17) is 4.57 Å². The maximum Gasteiger partial charge on any atom is 0.281 e. The van der Waals surface area contributed by atoms with Crippen LogP contribution in [-0.4, -0.2) is 13.8 Å². The Hall–Kier alpha value is 0.0899. The van der Waals surface area contributed by atoms with Crippen LogP contribution in [0.3, 0.4) is 0 Å². The Balaban J connectivity index is 4.48. The van der Waals surface area contributed by atoms with Crippen LogP contribution in [0.2, 0.25) is 23.3 Å². The second kappa shape index (κ2) is 6.62. The van der Waals surface area contributed by atoms with E-state index in [1.165, 1.54) is 0 Å². The van der Waals surface area contributed by atoms with E-state index >= 15 is 0 Å². The molecule has 0 bridgehead atoms. The third kappa shape index (κ3) is 5.10. The fourth-order valence-electron chi connectivity index (χ4n) is 2.35. The molecule has 3 heteroatoms. The largest absolute Gasteiger partial charge is 0.498 e. The maximum atomic E-state index is 6.30. The monoisotopic (exact) mass is 210 g/mol. The van der Waals surface area contributed by atoms with Gasteiger partial charge < -0.3 is 4.57 Å². The van der Waals surface area contributed by atoms with Crippen LogP contribution in [0.25, 0.3) is 0 Å². The Bertz CT molecular complexity index is 133. The third-order valence-electron chi connectivity index (χ3n) is 2.94. The van der Waals surface area contributed by atoms with Gasteiger partial charge in [-0.2, -0.15) is 0 Å². The molecule has 88 valence electrons. The van der Waals surface area contributed by atoms with Gasteiger partial charge in [-0.15, -0.1) is 0 Å². The Labute approximate surface area is 97.6 Å². The van der Waals surface area contributed by atoms with Crippen LogP contribution in [0.4, 0.5) is 0 Å². The van der Waals surface area contributed by atoms with Gasteiger partial charge in [-0.3, -0.25) is 0 Å². The topological polar surface area (TPSA) is 9.23 Å². The van der Waals surface area contributed by atoms with Gasteiger partial charge in [0.2, 0.25) is 0 Å². The average Bonchev–Trinajstić information content (AvgIpc) is 2.01. The predicted molar refractivity (Wildman–Crippen MR) is 73.0 cm³/mol. The molecule has 15 heavy (non-hydrogen) atoms. The Morgan fingerprint density at radius 2 is 0.733 bits per heavy atom. The van der Waals surface area contributed by atoms with E-state index in [0.29, 0.717) is 37.1 Å². The Morgan fingerprint density at radius 1 is 0.533 bits per heavy atom. The van der Waals surface area contributed by atoms with Crippen molar-refractivity contribution in [2.75, 3.05) is 0 Å². The summed E-state index contributed by atoms with van der Waals surface area (Å²) in [6.07, 6.45) is 0. The van der Waals surface area contributed by atoms with Crippen LogP contribution >= 0.6 is 0 Å². The van der Waals surface area contributed by atoms with Crippen LogP contribution < -0.4 is 0 Å². The summed E-state index contributed by atoms with van der Waals surface area (Å²) < 4.78 is 6.30. The molecule has 0 aliphatic heterocycles. The lowest BCUT2D eigenvalue weighted by Crippen LogP contribution is -2.37. The summed E-state index contributed by atoms with van der Waals surface area (Å²) >= 11 is 0. The predicted octanol–water partition coefficient (Wildman–Crippen LogP) is 4.63. The van der Waals surface area contributed by atoms with Crippen molar-refractivity contribution in [2.45, 2.75) is 78.7 Å². The minimum Gasteiger partial charge on any atom is -0.498 e. The second-order valence-corrected chi connectivity index (χ2v) is 6.04. The van der Waals surface area contributed by atoms with E-state index in [-0.39, 0.29) is 0 Å². The van der Waals surface area contributed by atoms with Crippen molar-refractivity contribution in [1.29, 1.82) is 0 Å². The third-order valence-corrected chi connectivity index (χ3v) is 2.94. The lowest BCUT2D eigenvalue weighted by Gasteiger charge is -2.30. The molecule has 0 aromatic heterocycles. The first-order chi connectivity index (χ1) is 6.77. The van der Waals surface area contributed by atoms with Crippen LogP contribution in [0.1, 0.15) is 55.4 Å². The number of hydrogen-bond acceptors (Lipinski definition) is 1. The van der Waals surface area contributed by atoms with Crippen molar-refractivity contribution in [2.24, 2.45) is 0 Å². The number of hydrogen-bond donors (Lipinski definition) is 0. The van der Waals surface area contributed by atoms with Crippen molar-refractivity contribution >= 4 is 13.8 Å². The molecule has 0 spiro atoms. The molecule has 0 N–H and O–H groups in total. The average molecular weight is 210 g/mol. The van der Waals surface area contributed by atoms with E-state index in [0.717, 1.165) is 0 Å². The van der Waals surface area contributed by atoms with Crippen LogP contribution in [0, 0.1) is 0 Å². The van der Waals surface area contributed by atoms with Crippen molar-refractivity contribution in [3.05, 3.63) is 0 Å². The van der Waals surface area contributed by atoms with E-state index in [2.05, 4.69) is 55.4 Å². The highest BCUT2D eigenvalue weighted by molar-refractivity contribution is 6.69. The minimum atomic E-state index is 0.389. The van der Waals surface area contributed by atoms with Crippen molar-refractivity contribution in [3.63, 3.8) is 0 Å². The van der Waals surface area contributed by atoms with Gasteiger partial charge in [0.1, 0.15) is 0 Å². The SMILES string of the molecule is CC(C)B(OB(C(C)C)C(C)C)C(C)C. The normalized spacial score (nSPS) is 12.0. The van der Waals surface area contributed by atoms with Gasteiger partial charge >= 0.3 is 0 Å². The fraction of sp³-hybridized carbons (Fsp3) is 1.00.